The Morgan fingerprint density at radius 1 is 1.10 bits per heavy atom. The molecule has 0 aliphatic carbocycles. The molecule has 168 valence electrons. The highest BCUT2D eigenvalue weighted by Crippen LogP contribution is 2.33. The Morgan fingerprint density at radius 3 is 2.33 bits per heavy atom. The Labute approximate surface area is 185 Å². The Hall–Kier alpha value is -1.85. The Kier molecular flexibility index (Phi) is 11.7. The summed E-state index contributed by atoms with van der Waals surface area (Å²) < 4.78 is 16.8. The molecule has 1 aromatic rings. The lowest BCUT2D eigenvalue weighted by molar-refractivity contribution is -0.167. The van der Waals surface area contributed by atoms with E-state index in [1.165, 1.54) is 13.8 Å². The third-order valence-electron chi connectivity index (χ3n) is 5.11. The topological polar surface area (TPSA) is 61.8 Å². The number of ether oxygens (including phenoxy) is 3. The second-order valence-corrected chi connectivity index (χ2v) is 8.47. The minimum atomic E-state index is -0.802. The first kappa shape index (κ1) is 26.2. The summed E-state index contributed by atoms with van der Waals surface area (Å²) in [6.45, 7) is 11.7. The van der Waals surface area contributed by atoms with Crippen molar-refractivity contribution in [1.29, 1.82) is 0 Å². The minimum absolute atomic E-state index is 0.167. The normalized spacial score (nSPS) is 15.0. The third-order valence-corrected chi connectivity index (χ3v) is 5.70. The van der Waals surface area contributed by atoms with Crippen molar-refractivity contribution in [1.82, 2.24) is 0 Å². The molecule has 0 aliphatic rings. The van der Waals surface area contributed by atoms with Crippen molar-refractivity contribution in [2.75, 3.05) is 13.2 Å². The summed E-state index contributed by atoms with van der Waals surface area (Å²) in [5.41, 5.74) is 1.18. The van der Waals surface area contributed by atoms with E-state index in [4.69, 9.17) is 25.8 Å². The Balaban J connectivity index is 2.73. The van der Waals surface area contributed by atoms with Gasteiger partial charge in [0.05, 0.1) is 18.6 Å². The van der Waals surface area contributed by atoms with Crippen LogP contribution in [0.3, 0.4) is 0 Å². The lowest BCUT2D eigenvalue weighted by Crippen LogP contribution is -2.42. The van der Waals surface area contributed by atoms with Gasteiger partial charge in [-0.15, -0.1) is 11.6 Å². The minimum Gasteiger partial charge on any atom is -0.465 e. The molecule has 0 amide bonds. The van der Waals surface area contributed by atoms with E-state index in [0.717, 1.165) is 17.6 Å². The number of esters is 2. The fourth-order valence-corrected chi connectivity index (χ4v) is 3.41. The Bertz CT molecular complexity index is 675. The summed E-state index contributed by atoms with van der Waals surface area (Å²) >= 11 is 6.35. The van der Waals surface area contributed by atoms with E-state index in [9.17, 15) is 9.59 Å². The predicted octanol–water partition coefficient (Wildman–Crippen LogP) is 5.45. The third kappa shape index (κ3) is 10.3. The number of hydrogen-bond donors (Lipinski definition) is 0. The molecular weight excluding hydrogens is 404 g/mol. The van der Waals surface area contributed by atoms with Crippen molar-refractivity contribution in [2.45, 2.75) is 71.0 Å². The van der Waals surface area contributed by atoms with E-state index in [1.54, 1.807) is 0 Å². The van der Waals surface area contributed by atoms with Gasteiger partial charge in [0, 0.05) is 26.4 Å². The predicted molar refractivity (Wildman–Crippen MR) is 119 cm³/mol. The number of hydrogen-bond acceptors (Lipinski definition) is 5. The fourth-order valence-electron chi connectivity index (χ4n) is 3.31. The molecule has 0 aliphatic heterocycles. The van der Waals surface area contributed by atoms with Gasteiger partial charge in [-0.1, -0.05) is 42.5 Å². The molecule has 3 atom stereocenters. The second kappa shape index (κ2) is 13.5. The standard InChI is InChI=1S/C24H35ClO5/c1-18(2)23(25)13-14-24(5,30-20(4)27)22(17-29-19(3)26)12-9-15-28-16-21-10-7-6-8-11-21/h6-8,10-11,22-23H,1,9,12-17H2,2-5H3/t22-,23-,24+/m0/s1. The smallest absolute Gasteiger partial charge is 0.303 e. The molecule has 1 rings (SSSR count). The average molecular weight is 439 g/mol. The highest BCUT2D eigenvalue weighted by Gasteiger charge is 2.38. The van der Waals surface area contributed by atoms with Gasteiger partial charge in [-0.3, -0.25) is 9.59 Å². The molecule has 0 heterocycles. The van der Waals surface area contributed by atoms with Gasteiger partial charge >= 0.3 is 11.9 Å². The van der Waals surface area contributed by atoms with Crippen LogP contribution in [0, 0.1) is 5.92 Å². The zero-order valence-electron chi connectivity index (χ0n) is 18.6. The number of benzene rings is 1. The molecular formula is C24H35ClO5. The van der Waals surface area contributed by atoms with Gasteiger partial charge in [0.15, 0.2) is 0 Å². The molecule has 0 unspecified atom stereocenters. The molecule has 30 heavy (non-hydrogen) atoms. The summed E-state index contributed by atoms with van der Waals surface area (Å²) in [4.78, 5) is 23.2. The lowest BCUT2D eigenvalue weighted by Gasteiger charge is -2.37. The van der Waals surface area contributed by atoms with Gasteiger partial charge in [-0.05, 0) is 45.1 Å². The first-order valence-electron chi connectivity index (χ1n) is 10.4. The molecule has 0 radical (unpaired) electrons. The van der Waals surface area contributed by atoms with Crippen LogP contribution in [0.4, 0.5) is 0 Å². The van der Waals surface area contributed by atoms with Crippen LogP contribution < -0.4 is 0 Å². The van der Waals surface area contributed by atoms with Crippen LogP contribution in [-0.2, 0) is 30.4 Å². The molecule has 0 saturated carbocycles. The molecule has 0 N–H and O–H groups in total. The quantitative estimate of drug-likeness (QED) is 0.167. The monoisotopic (exact) mass is 438 g/mol. The molecule has 0 saturated heterocycles. The van der Waals surface area contributed by atoms with Crippen LogP contribution in [0.25, 0.3) is 0 Å². The Morgan fingerprint density at radius 2 is 1.77 bits per heavy atom. The maximum Gasteiger partial charge on any atom is 0.303 e. The number of alkyl halides is 1. The van der Waals surface area contributed by atoms with Crippen molar-refractivity contribution in [3.05, 3.63) is 48.0 Å². The summed E-state index contributed by atoms with van der Waals surface area (Å²) in [6.07, 6.45) is 2.60. The SMILES string of the molecule is C=C(C)[C@@H](Cl)CC[C@@](C)(OC(C)=O)[C@@H](CCCOCc1ccccc1)COC(C)=O. The summed E-state index contributed by atoms with van der Waals surface area (Å²) in [7, 11) is 0. The van der Waals surface area contributed by atoms with Gasteiger partial charge in [0.1, 0.15) is 5.60 Å². The maximum atomic E-state index is 11.8. The zero-order chi connectivity index (χ0) is 22.6. The second-order valence-electron chi connectivity index (χ2n) is 7.94. The van der Waals surface area contributed by atoms with Gasteiger partial charge in [0.2, 0.25) is 0 Å². The van der Waals surface area contributed by atoms with E-state index in [-0.39, 0.29) is 29.8 Å². The molecule has 0 aromatic heterocycles. The van der Waals surface area contributed by atoms with Crippen LogP contribution in [0.2, 0.25) is 0 Å². The van der Waals surface area contributed by atoms with Crippen LogP contribution in [-0.4, -0.2) is 36.1 Å². The van der Waals surface area contributed by atoms with E-state index >= 15 is 0 Å². The fraction of sp³-hybridized carbons (Fsp3) is 0.583. The summed E-state index contributed by atoms with van der Waals surface area (Å²) in [5, 5.41) is -0.205. The summed E-state index contributed by atoms with van der Waals surface area (Å²) in [6, 6.07) is 9.97. The number of allylic oxidation sites excluding steroid dienone is 1. The molecule has 1 aromatic carbocycles. The number of rotatable bonds is 14. The maximum absolute atomic E-state index is 11.8. The van der Waals surface area contributed by atoms with Crippen molar-refractivity contribution in [3.63, 3.8) is 0 Å². The average Bonchev–Trinajstić information content (AvgIpc) is 2.68. The van der Waals surface area contributed by atoms with Crippen molar-refractivity contribution >= 4 is 23.5 Å². The first-order chi connectivity index (χ1) is 14.1. The van der Waals surface area contributed by atoms with E-state index in [0.29, 0.717) is 32.5 Å². The van der Waals surface area contributed by atoms with E-state index in [1.807, 2.05) is 44.2 Å². The van der Waals surface area contributed by atoms with Crippen LogP contribution in [0.1, 0.15) is 58.9 Å². The molecule has 0 fully saturated rings. The zero-order valence-corrected chi connectivity index (χ0v) is 19.4. The number of halogens is 1. The van der Waals surface area contributed by atoms with Crippen LogP contribution in [0.15, 0.2) is 42.5 Å². The summed E-state index contributed by atoms with van der Waals surface area (Å²) in [5.74, 6) is -0.894. The highest BCUT2D eigenvalue weighted by molar-refractivity contribution is 6.22. The molecule has 0 bridgehead atoms. The van der Waals surface area contributed by atoms with Gasteiger partial charge in [-0.25, -0.2) is 0 Å². The van der Waals surface area contributed by atoms with Crippen molar-refractivity contribution in [2.24, 2.45) is 5.92 Å². The number of carbonyl (C=O) groups is 2. The van der Waals surface area contributed by atoms with Crippen LogP contribution >= 0.6 is 11.6 Å². The van der Waals surface area contributed by atoms with Gasteiger partial charge < -0.3 is 14.2 Å². The van der Waals surface area contributed by atoms with E-state index in [2.05, 4.69) is 6.58 Å². The lowest BCUT2D eigenvalue weighted by atomic mass is 9.81. The van der Waals surface area contributed by atoms with Crippen molar-refractivity contribution < 1.29 is 23.8 Å². The molecule has 6 heteroatoms. The first-order valence-corrected chi connectivity index (χ1v) is 10.8. The largest absolute Gasteiger partial charge is 0.465 e. The van der Waals surface area contributed by atoms with Gasteiger partial charge in [-0.2, -0.15) is 0 Å². The van der Waals surface area contributed by atoms with E-state index < -0.39 is 5.60 Å². The van der Waals surface area contributed by atoms with Crippen LogP contribution in [0.5, 0.6) is 0 Å². The van der Waals surface area contributed by atoms with Gasteiger partial charge in [0.25, 0.3) is 0 Å². The molecule has 0 spiro atoms. The van der Waals surface area contributed by atoms with Crippen molar-refractivity contribution in [3.8, 4) is 0 Å². The highest BCUT2D eigenvalue weighted by atomic mass is 35.5. The molecule has 5 nitrogen and oxygen atoms in total. The number of carbonyl (C=O) groups excluding carboxylic acids is 2.